The lowest BCUT2D eigenvalue weighted by atomic mass is 10.2. The largest absolute Gasteiger partial charge is 0.310 e. The molecule has 0 saturated heterocycles. The summed E-state index contributed by atoms with van der Waals surface area (Å²) >= 11 is 5.70. The Morgan fingerprint density at radius 2 is 2.20 bits per heavy atom. The number of anilines is 1. The summed E-state index contributed by atoms with van der Waals surface area (Å²) in [4.78, 5) is 31.4. The zero-order valence-electron chi connectivity index (χ0n) is 10.4. The van der Waals surface area contributed by atoms with Gasteiger partial charge in [-0.3, -0.25) is 19.9 Å². The summed E-state index contributed by atoms with van der Waals surface area (Å²) in [5.41, 5.74) is -0.00349. The van der Waals surface area contributed by atoms with E-state index in [2.05, 4.69) is 9.97 Å². The van der Waals surface area contributed by atoms with Crippen LogP contribution in [0.3, 0.4) is 0 Å². The fraction of sp³-hybridized carbons (Fsp3) is 0.0833. The average Bonchev–Trinajstić information content (AvgIpc) is 2.46. The van der Waals surface area contributed by atoms with Crippen molar-refractivity contribution in [2.24, 2.45) is 0 Å². The Hall–Kier alpha value is -2.54. The molecule has 0 unspecified atom stereocenters. The molecule has 0 aromatic carbocycles. The van der Waals surface area contributed by atoms with Gasteiger partial charge in [0.1, 0.15) is 16.9 Å². The van der Waals surface area contributed by atoms with Gasteiger partial charge in [0, 0.05) is 13.2 Å². The number of hydrogen-bond acceptors (Lipinski definition) is 5. The summed E-state index contributed by atoms with van der Waals surface area (Å²) in [6.45, 7) is 0. The maximum Gasteiger partial charge on any atom is 0.300 e. The van der Waals surface area contributed by atoms with Gasteiger partial charge in [0.05, 0.1) is 16.8 Å². The number of aromatic nitrogens is 2. The second-order valence-electron chi connectivity index (χ2n) is 3.86. The van der Waals surface area contributed by atoms with Crippen LogP contribution in [0.2, 0.25) is 5.15 Å². The first-order valence-electron chi connectivity index (χ1n) is 5.48. The van der Waals surface area contributed by atoms with Gasteiger partial charge in [0.2, 0.25) is 0 Å². The number of halogens is 1. The van der Waals surface area contributed by atoms with E-state index < -0.39 is 16.5 Å². The maximum atomic E-state index is 12.3. The Balaban J connectivity index is 2.43. The molecule has 20 heavy (non-hydrogen) atoms. The van der Waals surface area contributed by atoms with Gasteiger partial charge in [-0.15, -0.1) is 0 Å². The molecule has 102 valence electrons. The minimum atomic E-state index is -0.673. The third-order valence-electron chi connectivity index (χ3n) is 2.61. The van der Waals surface area contributed by atoms with E-state index in [0.717, 1.165) is 6.20 Å². The van der Waals surface area contributed by atoms with Gasteiger partial charge < -0.3 is 4.90 Å². The highest BCUT2D eigenvalue weighted by molar-refractivity contribution is 6.30. The van der Waals surface area contributed by atoms with Crippen molar-refractivity contribution in [2.75, 3.05) is 11.9 Å². The smallest absolute Gasteiger partial charge is 0.300 e. The molecule has 0 radical (unpaired) electrons. The van der Waals surface area contributed by atoms with E-state index in [0.29, 0.717) is 5.69 Å². The van der Waals surface area contributed by atoms with Gasteiger partial charge in [0.15, 0.2) is 0 Å². The predicted octanol–water partition coefficient (Wildman–Crippen LogP) is 2.31. The van der Waals surface area contributed by atoms with Crippen LogP contribution in [-0.4, -0.2) is 27.8 Å². The molecule has 0 aliphatic heterocycles. The van der Waals surface area contributed by atoms with Crippen molar-refractivity contribution < 1.29 is 9.72 Å². The Bertz CT molecular complexity index is 663. The number of nitro groups is 1. The second-order valence-corrected chi connectivity index (χ2v) is 4.24. The van der Waals surface area contributed by atoms with Gasteiger partial charge in [-0.2, -0.15) is 0 Å². The third kappa shape index (κ3) is 2.72. The monoisotopic (exact) mass is 292 g/mol. The number of amides is 1. The molecule has 0 saturated carbocycles. The van der Waals surface area contributed by atoms with Crippen LogP contribution in [0.4, 0.5) is 11.4 Å². The standard InChI is InChI=1S/C12H9ClN4O3/c1-16(8-3-2-4-14-6-8)12(18)9-5-11(13)15-7-10(9)17(19)20/h2-7H,1H3. The summed E-state index contributed by atoms with van der Waals surface area (Å²) in [7, 11) is 1.50. The van der Waals surface area contributed by atoms with Crippen molar-refractivity contribution in [3.63, 3.8) is 0 Å². The molecule has 0 atom stereocenters. The van der Waals surface area contributed by atoms with Crippen LogP contribution in [0.15, 0.2) is 36.8 Å². The van der Waals surface area contributed by atoms with Crippen molar-refractivity contribution >= 4 is 28.9 Å². The molecule has 0 N–H and O–H groups in total. The molecule has 0 aliphatic carbocycles. The van der Waals surface area contributed by atoms with Crippen LogP contribution in [-0.2, 0) is 0 Å². The molecule has 0 bridgehead atoms. The molecular weight excluding hydrogens is 284 g/mol. The minimum absolute atomic E-state index is 0.0125. The lowest BCUT2D eigenvalue weighted by Crippen LogP contribution is -2.27. The van der Waals surface area contributed by atoms with Crippen molar-refractivity contribution in [2.45, 2.75) is 0 Å². The molecule has 2 rings (SSSR count). The van der Waals surface area contributed by atoms with Crippen molar-refractivity contribution in [1.82, 2.24) is 9.97 Å². The summed E-state index contributed by atoms with van der Waals surface area (Å²) < 4.78 is 0. The first kappa shape index (κ1) is 13.9. The summed E-state index contributed by atoms with van der Waals surface area (Å²) in [5.74, 6) is -0.561. The molecule has 2 heterocycles. The highest BCUT2D eigenvalue weighted by Crippen LogP contribution is 2.23. The van der Waals surface area contributed by atoms with Crippen molar-refractivity contribution in [1.29, 1.82) is 0 Å². The molecule has 2 aromatic rings. The molecular formula is C12H9ClN4O3. The van der Waals surface area contributed by atoms with E-state index in [1.54, 1.807) is 18.3 Å². The number of carbonyl (C=O) groups is 1. The number of nitrogens with zero attached hydrogens (tertiary/aromatic N) is 4. The number of hydrogen-bond donors (Lipinski definition) is 0. The summed E-state index contributed by atoms with van der Waals surface area (Å²) in [6.07, 6.45) is 4.01. The second kappa shape index (κ2) is 5.62. The van der Waals surface area contributed by atoms with E-state index in [1.807, 2.05) is 0 Å². The first-order valence-corrected chi connectivity index (χ1v) is 5.86. The lowest BCUT2D eigenvalue weighted by Gasteiger charge is -2.16. The van der Waals surface area contributed by atoms with E-state index in [-0.39, 0.29) is 10.7 Å². The number of rotatable bonds is 3. The topological polar surface area (TPSA) is 89.2 Å². The van der Waals surface area contributed by atoms with Gasteiger partial charge in [-0.05, 0) is 18.2 Å². The van der Waals surface area contributed by atoms with Crippen molar-refractivity contribution in [3.05, 3.63) is 57.6 Å². The molecule has 0 aliphatic rings. The van der Waals surface area contributed by atoms with Crippen LogP contribution < -0.4 is 4.90 Å². The van der Waals surface area contributed by atoms with Crippen LogP contribution in [0.25, 0.3) is 0 Å². The Morgan fingerprint density at radius 3 is 2.80 bits per heavy atom. The summed E-state index contributed by atoms with van der Waals surface area (Å²) in [6, 6.07) is 4.50. The molecule has 7 nitrogen and oxygen atoms in total. The highest BCUT2D eigenvalue weighted by Gasteiger charge is 2.24. The van der Waals surface area contributed by atoms with Gasteiger partial charge in [0.25, 0.3) is 11.6 Å². The van der Waals surface area contributed by atoms with Crippen LogP contribution in [0.1, 0.15) is 10.4 Å². The van der Waals surface area contributed by atoms with Gasteiger partial charge >= 0.3 is 0 Å². The number of carbonyl (C=O) groups excluding carboxylic acids is 1. The molecule has 2 aromatic heterocycles. The SMILES string of the molecule is CN(C(=O)c1cc(Cl)ncc1[N+](=O)[O-])c1cccnc1. The Morgan fingerprint density at radius 1 is 1.45 bits per heavy atom. The highest BCUT2D eigenvalue weighted by atomic mass is 35.5. The first-order chi connectivity index (χ1) is 9.50. The van der Waals surface area contributed by atoms with Crippen molar-refractivity contribution in [3.8, 4) is 0 Å². The number of pyridine rings is 2. The van der Waals surface area contributed by atoms with Crippen LogP contribution >= 0.6 is 11.6 Å². The molecule has 0 fully saturated rings. The summed E-state index contributed by atoms with van der Waals surface area (Å²) in [5, 5.41) is 10.9. The molecule has 0 spiro atoms. The Labute approximate surface area is 119 Å². The predicted molar refractivity (Wildman–Crippen MR) is 72.9 cm³/mol. The quantitative estimate of drug-likeness (QED) is 0.492. The third-order valence-corrected chi connectivity index (χ3v) is 2.82. The van der Waals surface area contributed by atoms with E-state index in [1.165, 1.54) is 24.2 Å². The van der Waals surface area contributed by atoms with Crippen LogP contribution in [0, 0.1) is 10.1 Å². The zero-order chi connectivity index (χ0) is 14.7. The van der Waals surface area contributed by atoms with E-state index >= 15 is 0 Å². The molecule has 1 amide bonds. The van der Waals surface area contributed by atoms with Crippen LogP contribution in [0.5, 0.6) is 0 Å². The average molecular weight is 293 g/mol. The Kier molecular flexibility index (Phi) is 3.90. The molecule has 8 heteroatoms. The fourth-order valence-corrected chi connectivity index (χ4v) is 1.75. The minimum Gasteiger partial charge on any atom is -0.310 e. The maximum absolute atomic E-state index is 12.3. The van der Waals surface area contributed by atoms with Gasteiger partial charge in [-0.1, -0.05) is 11.6 Å². The zero-order valence-corrected chi connectivity index (χ0v) is 11.1. The normalized spacial score (nSPS) is 10.1. The lowest BCUT2D eigenvalue weighted by molar-refractivity contribution is -0.385. The van der Waals surface area contributed by atoms with Gasteiger partial charge in [-0.25, -0.2) is 4.98 Å². The van der Waals surface area contributed by atoms with E-state index in [9.17, 15) is 14.9 Å². The van der Waals surface area contributed by atoms with E-state index in [4.69, 9.17) is 11.6 Å². The fourth-order valence-electron chi connectivity index (χ4n) is 1.59.